The third-order valence-corrected chi connectivity index (χ3v) is 9.03. The zero-order valence-electron chi connectivity index (χ0n) is 27.1. The number of carbonyl (C=O) groups is 6. The zero-order chi connectivity index (χ0) is 36.9. The first-order valence-corrected chi connectivity index (χ1v) is 16.7. The minimum Gasteiger partial charge on any atom is -0.481 e. The quantitative estimate of drug-likeness (QED) is 0.235. The van der Waals surface area contributed by atoms with Crippen molar-refractivity contribution in [1.29, 1.82) is 0 Å². The van der Waals surface area contributed by atoms with E-state index in [1.165, 1.54) is 17.1 Å². The number of nitrogens with zero attached hydrogens (tertiary/aromatic N) is 4. The number of aliphatic carboxylic acids is 1. The molecule has 51 heavy (non-hydrogen) atoms. The number of aryl methyl sites for hydroxylation is 1. The molecule has 4 amide bonds. The van der Waals surface area contributed by atoms with E-state index < -0.39 is 72.5 Å². The minimum atomic E-state index is -4.77. The number of fused-ring (bicyclic) bond motifs is 1. The number of alkyl halides is 3. The van der Waals surface area contributed by atoms with Crippen LogP contribution in [0.25, 0.3) is 5.69 Å². The highest BCUT2D eigenvalue weighted by atomic mass is 32.2. The molecule has 2 saturated heterocycles. The molecular formula is C33H33F3N6O8S. The van der Waals surface area contributed by atoms with Crippen LogP contribution in [0.5, 0.6) is 5.88 Å². The standard InChI is InChI=1S/C33H33F3N6O8S/c1-19-4-8-21(9-5-19)41-28(15-26(39-41)33(34,35)36)50-17-22(43)16-37-31(48)25-3-2-14-40-27(44)13-12-24(32(49)42(25)40)38-30(47)20-6-10-23(11-7-20)51-18-29(45)46/h4-11,15,24-25H,2-3,12-14,16-18H2,1H3,(H,37,48)(H,38,47)(H,45,46)/t24-,25-/m0/s1. The van der Waals surface area contributed by atoms with E-state index in [1.807, 2.05) is 0 Å². The number of carbonyl (C=O) groups excluding carboxylic acids is 5. The van der Waals surface area contributed by atoms with Gasteiger partial charge in [0.15, 0.2) is 18.1 Å². The molecule has 0 radical (unpaired) electrons. The van der Waals surface area contributed by atoms with E-state index in [2.05, 4.69) is 15.7 Å². The van der Waals surface area contributed by atoms with Crippen LogP contribution in [0.15, 0.2) is 59.5 Å². The molecule has 5 rings (SSSR count). The Kier molecular flexibility index (Phi) is 11.3. The number of halogens is 3. The number of ether oxygens (including phenoxy) is 1. The molecule has 2 aliphatic heterocycles. The van der Waals surface area contributed by atoms with Gasteiger partial charge in [-0.25, -0.2) is 9.69 Å². The molecule has 18 heteroatoms. The van der Waals surface area contributed by atoms with Gasteiger partial charge in [0, 0.05) is 29.5 Å². The predicted molar refractivity (Wildman–Crippen MR) is 174 cm³/mol. The summed E-state index contributed by atoms with van der Waals surface area (Å²) < 4.78 is 46.6. The summed E-state index contributed by atoms with van der Waals surface area (Å²) in [5.41, 5.74) is 0.0993. The molecule has 2 fully saturated rings. The summed E-state index contributed by atoms with van der Waals surface area (Å²) in [4.78, 5) is 77.3. The lowest BCUT2D eigenvalue weighted by molar-refractivity contribution is -0.176. The Morgan fingerprint density at radius 3 is 2.41 bits per heavy atom. The first-order chi connectivity index (χ1) is 24.2. The van der Waals surface area contributed by atoms with Crippen molar-refractivity contribution < 1.29 is 51.8 Å². The van der Waals surface area contributed by atoms with Gasteiger partial charge >= 0.3 is 12.1 Å². The maximum Gasteiger partial charge on any atom is 0.435 e. The van der Waals surface area contributed by atoms with Gasteiger partial charge in [0.05, 0.1) is 18.0 Å². The third-order valence-electron chi connectivity index (χ3n) is 8.03. The number of hydrogen-bond acceptors (Lipinski definition) is 9. The molecule has 2 aliphatic rings. The highest BCUT2D eigenvalue weighted by Gasteiger charge is 2.44. The molecule has 0 aliphatic carbocycles. The lowest BCUT2D eigenvalue weighted by atomic mass is 10.1. The van der Waals surface area contributed by atoms with Crippen molar-refractivity contribution in [2.45, 2.75) is 55.8 Å². The number of amides is 4. The van der Waals surface area contributed by atoms with Crippen LogP contribution in [-0.2, 0) is 30.1 Å². The van der Waals surface area contributed by atoms with E-state index in [9.17, 15) is 41.9 Å². The summed E-state index contributed by atoms with van der Waals surface area (Å²) in [6.07, 6.45) is -4.36. The van der Waals surface area contributed by atoms with E-state index in [0.29, 0.717) is 17.4 Å². The van der Waals surface area contributed by atoms with Crippen LogP contribution >= 0.6 is 11.8 Å². The number of nitrogens with one attached hydrogen (secondary N) is 2. The van der Waals surface area contributed by atoms with E-state index in [4.69, 9.17) is 9.84 Å². The molecule has 3 N–H and O–H groups in total. The molecule has 270 valence electrons. The smallest absolute Gasteiger partial charge is 0.435 e. The predicted octanol–water partition coefficient (Wildman–Crippen LogP) is 2.77. The van der Waals surface area contributed by atoms with E-state index in [-0.39, 0.29) is 48.7 Å². The fourth-order valence-electron chi connectivity index (χ4n) is 5.48. The lowest BCUT2D eigenvalue weighted by Gasteiger charge is -2.42. The normalized spacial score (nSPS) is 17.7. The monoisotopic (exact) mass is 730 g/mol. The van der Waals surface area contributed by atoms with Gasteiger partial charge in [-0.05, 0) is 62.6 Å². The summed E-state index contributed by atoms with van der Waals surface area (Å²) in [7, 11) is 0. The Balaban J connectivity index is 1.21. The Labute approximate surface area is 293 Å². The van der Waals surface area contributed by atoms with Crippen molar-refractivity contribution in [3.63, 3.8) is 0 Å². The second kappa shape index (κ2) is 15.7. The number of aromatic nitrogens is 2. The van der Waals surface area contributed by atoms with E-state index in [0.717, 1.165) is 27.0 Å². The van der Waals surface area contributed by atoms with Crippen LogP contribution in [0.3, 0.4) is 0 Å². The van der Waals surface area contributed by atoms with Gasteiger partial charge in [0.25, 0.3) is 11.8 Å². The number of carboxylic acids is 1. The van der Waals surface area contributed by atoms with Crippen LogP contribution in [-0.4, -0.2) is 97.8 Å². The summed E-state index contributed by atoms with van der Waals surface area (Å²) >= 11 is 1.07. The minimum absolute atomic E-state index is 0.0255. The van der Waals surface area contributed by atoms with E-state index in [1.54, 1.807) is 43.3 Å². The van der Waals surface area contributed by atoms with Crippen LogP contribution in [0.4, 0.5) is 13.2 Å². The molecule has 0 bridgehead atoms. The number of carboxylic acid groups (broad SMARTS) is 1. The number of hydrazine groups is 1. The molecule has 1 aromatic heterocycles. The van der Waals surface area contributed by atoms with Gasteiger partial charge in [-0.1, -0.05) is 17.7 Å². The van der Waals surface area contributed by atoms with Gasteiger partial charge in [0.1, 0.15) is 12.1 Å². The number of Topliss-reactive ketones (excluding diaryl/α,β-unsaturated/α-hetero) is 1. The van der Waals surface area contributed by atoms with Crippen LogP contribution < -0.4 is 15.4 Å². The number of thioether (sulfide) groups is 1. The van der Waals surface area contributed by atoms with Crippen molar-refractivity contribution >= 4 is 47.1 Å². The average molecular weight is 731 g/mol. The first kappa shape index (κ1) is 36.9. The van der Waals surface area contributed by atoms with Gasteiger partial charge in [-0.3, -0.25) is 33.8 Å². The van der Waals surface area contributed by atoms with Gasteiger partial charge in [-0.2, -0.15) is 18.3 Å². The van der Waals surface area contributed by atoms with Gasteiger partial charge < -0.3 is 20.5 Å². The number of ketones is 1. The topological polar surface area (TPSA) is 180 Å². The van der Waals surface area contributed by atoms with Crippen LogP contribution in [0.1, 0.15) is 47.3 Å². The highest BCUT2D eigenvalue weighted by Crippen LogP contribution is 2.32. The largest absolute Gasteiger partial charge is 0.481 e. The van der Waals surface area contributed by atoms with Crippen molar-refractivity contribution in [3.05, 3.63) is 71.4 Å². The molecule has 2 aromatic carbocycles. The summed E-state index contributed by atoms with van der Waals surface area (Å²) in [6, 6.07) is 10.8. The Morgan fingerprint density at radius 1 is 1.04 bits per heavy atom. The average Bonchev–Trinajstić information content (AvgIpc) is 3.51. The highest BCUT2D eigenvalue weighted by molar-refractivity contribution is 8.00. The SMILES string of the molecule is Cc1ccc(-n2nc(C(F)(F)F)cc2OCC(=O)CNC(=O)[C@@H]2CCCN3C(=O)CC[C@H](NC(=O)c4ccc(SCC(=O)O)cc4)C(=O)N23)cc1. The summed E-state index contributed by atoms with van der Waals surface area (Å²) in [5.74, 6) is -4.68. The van der Waals surface area contributed by atoms with Crippen molar-refractivity contribution in [2.75, 3.05) is 25.4 Å². The fraction of sp³-hybridized carbons (Fsp3) is 0.364. The number of hydrogen-bond donors (Lipinski definition) is 3. The fourth-order valence-corrected chi connectivity index (χ4v) is 6.10. The van der Waals surface area contributed by atoms with Crippen molar-refractivity contribution in [3.8, 4) is 11.6 Å². The van der Waals surface area contributed by atoms with Crippen LogP contribution in [0, 0.1) is 6.92 Å². The first-order valence-electron chi connectivity index (χ1n) is 15.8. The van der Waals surface area contributed by atoms with E-state index >= 15 is 0 Å². The van der Waals surface area contributed by atoms with Crippen molar-refractivity contribution in [2.24, 2.45) is 0 Å². The number of rotatable bonds is 12. The Hall–Kier alpha value is -5.39. The third kappa shape index (κ3) is 9.05. The zero-order valence-corrected chi connectivity index (χ0v) is 28.0. The molecule has 14 nitrogen and oxygen atoms in total. The van der Waals surface area contributed by atoms with Gasteiger partial charge in [-0.15, -0.1) is 11.8 Å². The molecule has 3 heterocycles. The summed E-state index contributed by atoms with van der Waals surface area (Å²) in [6.45, 7) is 0.666. The molecular weight excluding hydrogens is 697 g/mol. The maximum atomic E-state index is 13.8. The molecule has 2 atom stereocenters. The lowest BCUT2D eigenvalue weighted by Crippen LogP contribution is -2.63. The molecule has 0 spiro atoms. The second-order valence-electron chi connectivity index (χ2n) is 11.8. The Bertz CT molecular complexity index is 1820. The molecule has 0 unspecified atom stereocenters. The summed E-state index contributed by atoms with van der Waals surface area (Å²) in [5, 5.41) is 19.7. The second-order valence-corrected chi connectivity index (χ2v) is 12.8. The molecule has 0 saturated carbocycles. The van der Waals surface area contributed by atoms with Gasteiger partial charge in [0.2, 0.25) is 17.7 Å². The number of benzene rings is 2. The Morgan fingerprint density at radius 2 is 1.75 bits per heavy atom. The maximum absolute atomic E-state index is 13.8. The van der Waals surface area contributed by atoms with Crippen molar-refractivity contribution in [1.82, 2.24) is 30.4 Å². The van der Waals surface area contributed by atoms with Crippen LogP contribution in [0.2, 0.25) is 0 Å². The molecule has 3 aromatic rings.